The normalized spacial score (nSPS) is 16.9. The fourth-order valence-corrected chi connectivity index (χ4v) is 3.68. The Hall–Kier alpha value is -2.37. The number of nitrogens with zero attached hydrogens (tertiary/aromatic N) is 3. The molecule has 2 aromatic carbocycles. The van der Waals surface area contributed by atoms with Gasteiger partial charge < -0.3 is 10.2 Å². The Bertz CT molecular complexity index is 909. The van der Waals surface area contributed by atoms with Gasteiger partial charge in [0.25, 0.3) is 0 Å². The van der Waals surface area contributed by atoms with Crippen LogP contribution in [0.4, 0.5) is 0 Å². The predicted octanol–water partition coefficient (Wildman–Crippen LogP) is 3.20. The van der Waals surface area contributed by atoms with Crippen LogP contribution in [0.2, 0.25) is 0 Å². The summed E-state index contributed by atoms with van der Waals surface area (Å²) in [5.41, 5.74) is 3.13. The largest absolute Gasteiger partial charge is 0.337 e. The molecule has 1 aromatic heterocycles. The number of aryl methyl sites for hydroxylation is 1. The second kappa shape index (κ2) is 8.55. The van der Waals surface area contributed by atoms with Crippen LogP contribution in [-0.4, -0.2) is 46.0 Å². The quantitative estimate of drug-likeness (QED) is 0.751. The highest BCUT2D eigenvalue weighted by Crippen LogP contribution is 2.22. The molecule has 2 heterocycles. The molecule has 0 saturated carbocycles. The average molecular weight is 385 g/mol. The van der Waals surface area contributed by atoms with E-state index >= 15 is 0 Å². The van der Waals surface area contributed by atoms with E-state index in [9.17, 15) is 4.79 Å². The Kier molecular flexibility index (Phi) is 6.14. The molecule has 1 fully saturated rings. The number of halogens is 1. The molecule has 1 amide bonds. The monoisotopic (exact) mass is 384 g/mol. The summed E-state index contributed by atoms with van der Waals surface area (Å²) >= 11 is 0. The van der Waals surface area contributed by atoms with Crippen LogP contribution >= 0.6 is 12.4 Å². The summed E-state index contributed by atoms with van der Waals surface area (Å²) in [5.74, 6) is 1.15. The molecule has 6 heteroatoms. The maximum Gasteiger partial charge on any atom is 0.223 e. The van der Waals surface area contributed by atoms with Crippen LogP contribution in [0.5, 0.6) is 0 Å². The first-order valence-corrected chi connectivity index (χ1v) is 9.26. The number of imidazole rings is 1. The van der Waals surface area contributed by atoms with Crippen molar-refractivity contribution in [1.29, 1.82) is 0 Å². The SMILES string of the molecule is C[C@@H]1CNCCN1C(=O)CCc1nc2ccccc2n1-c1ccccc1.Cl. The summed E-state index contributed by atoms with van der Waals surface area (Å²) < 4.78 is 2.17. The number of carbonyl (C=O) groups is 1. The minimum atomic E-state index is 0. The average Bonchev–Trinajstić information content (AvgIpc) is 3.05. The lowest BCUT2D eigenvalue weighted by molar-refractivity contribution is -0.133. The molecule has 27 heavy (non-hydrogen) atoms. The van der Waals surface area contributed by atoms with E-state index in [2.05, 4.69) is 35.0 Å². The van der Waals surface area contributed by atoms with E-state index in [0.29, 0.717) is 12.8 Å². The van der Waals surface area contributed by atoms with Crippen LogP contribution in [0.25, 0.3) is 16.7 Å². The Balaban J connectivity index is 0.00000210. The summed E-state index contributed by atoms with van der Waals surface area (Å²) in [5, 5.41) is 3.33. The smallest absolute Gasteiger partial charge is 0.223 e. The fourth-order valence-electron chi connectivity index (χ4n) is 3.68. The molecule has 142 valence electrons. The van der Waals surface area contributed by atoms with Gasteiger partial charge in [0.2, 0.25) is 5.91 Å². The highest BCUT2D eigenvalue weighted by atomic mass is 35.5. The van der Waals surface area contributed by atoms with Gasteiger partial charge in [-0.25, -0.2) is 4.98 Å². The molecule has 1 saturated heterocycles. The van der Waals surface area contributed by atoms with Crippen molar-refractivity contribution in [3.05, 3.63) is 60.4 Å². The number of piperazine rings is 1. The van der Waals surface area contributed by atoms with Gasteiger partial charge in [0.05, 0.1) is 11.0 Å². The predicted molar refractivity (Wildman–Crippen MR) is 111 cm³/mol. The molecule has 1 atom stereocenters. The van der Waals surface area contributed by atoms with Crippen LogP contribution in [-0.2, 0) is 11.2 Å². The van der Waals surface area contributed by atoms with Crippen molar-refractivity contribution < 1.29 is 4.79 Å². The van der Waals surface area contributed by atoms with Gasteiger partial charge in [0.1, 0.15) is 5.82 Å². The van der Waals surface area contributed by atoms with Crippen molar-refractivity contribution in [3.63, 3.8) is 0 Å². The van der Waals surface area contributed by atoms with Gasteiger partial charge in [-0.1, -0.05) is 30.3 Å². The Morgan fingerprint density at radius 3 is 2.67 bits per heavy atom. The Morgan fingerprint density at radius 1 is 1.15 bits per heavy atom. The molecule has 0 spiro atoms. The van der Waals surface area contributed by atoms with Gasteiger partial charge in [-0.15, -0.1) is 12.4 Å². The van der Waals surface area contributed by atoms with Crippen LogP contribution < -0.4 is 5.32 Å². The van der Waals surface area contributed by atoms with E-state index < -0.39 is 0 Å². The Labute approximate surface area is 165 Å². The lowest BCUT2D eigenvalue weighted by Gasteiger charge is -2.34. The van der Waals surface area contributed by atoms with E-state index in [4.69, 9.17) is 4.98 Å². The minimum Gasteiger partial charge on any atom is -0.337 e. The van der Waals surface area contributed by atoms with Crippen LogP contribution in [0, 0.1) is 0 Å². The zero-order valence-corrected chi connectivity index (χ0v) is 16.3. The van der Waals surface area contributed by atoms with E-state index in [-0.39, 0.29) is 24.4 Å². The van der Waals surface area contributed by atoms with Gasteiger partial charge >= 0.3 is 0 Å². The molecular formula is C21H25ClN4O. The van der Waals surface area contributed by atoms with Crippen molar-refractivity contribution >= 4 is 29.3 Å². The van der Waals surface area contributed by atoms with Crippen LogP contribution in [0.1, 0.15) is 19.2 Å². The lowest BCUT2D eigenvalue weighted by atomic mass is 10.1. The zero-order chi connectivity index (χ0) is 17.9. The number of amides is 1. The highest BCUT2D eigenvalue weighted by Gasteiger charge is 2.23. The van der Waals surface area contributed by atoms with Crippen molar-refractivity contribution in [3.8, 4) is 5.69 Å². The van der Waals surface area contributed by atoms with E-state index in [1.165, 1.54) is 0 Å². The van der Waals surface area contributed by atoms with Crippen molar-refractivity contribution in [1.82, 2.24) is 19.8 Å². The molecular weight excluding hydrogens is 360 g/mol. The molecule has 0 unspecified atom stereocenters. The molecule has 0 radical (unpaired) electrons. The molecule has 5 nitrogen and oxygen atoms in total. The Morgan fingerprint density at radius 2 is 1.89 bits per heavy atom. The second-order valence-electron chi connectivity index (χ2n) is 6.83. The van der Waals surface area contributed by atoms with Crippen molar-refractivity contribution in [2.45, 2.75) is 25.8 Å². The van der Waals surface area contributed by atoms with Crippen LogP contribution in [0.3, 0.4) is 0 Å². The zero-order valence-electron chi connectivity index (χ0n) is 15.5. The van der Waals surface area contributed by atoms with E-state index in [1.54, 1.807) is 0 Å². The number of aromatic nitrogens is 2. The van der Waals surface area contributed by atoms with Gasteiger partial charge in [-0.2, -0.15) is 0 Å². The molecule has 0 aliphatic carbocycles. The second-order valence-corrected chi connectivity index (χ2v) is 6.83. The summed E-state index contributed by atoms with van der Waals surface area (Å²) in [6.07, 6.45) is 1.12. The maximum absolute atomic E-state index is 12.7. The van der Waals surface area contributed by atoms with Gasteiger partial charge in [0, 0.05) is 44.2 Å². The number of fused-ring (bicyclic) bond motifs is 1. The van der Waals surface area contributed by atoms with Gasteiger partial charge in [-0.05, 0) is 31.2 Å². The molecule has 1 aliphatic rings. The standard InChI is InChI=1S/C21H24N4O.ClH/c1-16-15-22-13-14-24(16)21(26)12-11-20-23-18-9-5-6-10-19(18)25(20)17-7-3-2-4-8-17;/h2-10,16,22H,11-15H2,1H3;1H/t16-;/m1./s1. The number of rotatable bonds is 4. The summed E-state index contributed by atoms with van der Waals surface area (Å²) in [4.78, 5) is 19.5. The number of nitrogens with one attached hydrogen (secondary N) is 1. The van der Waals surface area contributed by atoms with E-state index in [1.807, 2.05) is 41.3 Å². The number of hydrogen-bond acceptors (Lipinski definition) is 3. The summed E-state index contributed by atoms with van der Waals surface area (Å²) in [6.45, 7) is 4.63. The number of hydrogen-bond donors (Lipinski definition) is 1. The van der Waals surface area contributed by atoms with Crippen molar-refractivity contribution in [2.75, 3.05) is 19.6 Å². The molecule has 1 N–H and O–H groups in total. The first-order chi connectivity index (χ1) is 12.7. The molecule has 3 aromatic rings. The molecule has 4 rings (SSSR count). The minimum absolute atomic E-state index is 0. The van der Waals surface area contributed by atoms with Crippen LogP contribution in [0.15, 0.2) is 54.6 Å². The first kappa shape index (κ1) is 19.4. The summed E-state index contributed by atoms with van der Waals surface area (Å²) in [7, 11) is 0. The third kappa shape index (κ3) is 3.99. The molecule has 1 aliphatic heterocycles. The summed E-state index contributed by atoms with van der Waals surface area (Å²) in [6, 6.07) is 18.6. The lowest BCUT2D eigenvalue weighted by Crippen LogP contribution is -2.52. The number of carbonyl (C=O) groups excluding carboxylic acids is 1. The maximum atomic E-state index is 12.7. The fraction of sp³-hybridized carbons (Fsp3) is 0.333. The molecule has 0 bridgehead atoms. The third-order valence-corrected chi connectivity index (χ3v) is 5.03. The number of benzene rings is 2. The topological polar surface area (TPSA) is 50.2 Å². The van der Waals surface area contributed by atoms with E-state index in [0.717, 1.165) is 42.2 Å². The van der Waals surface area contributed by atoms with Gasteiger partial charge in [0.15, 0.2) is 0 Å². The highest BCUT2D eigenvalue weighted by molar-refractivity contribution is 5.85. The number of para-hydroxylation sites is 3. The van der Waals surface area contributed by atoms with Crippen molar-refractivity contribution in [2.24, 2.45) is 0 Å². The third-order valence-electron chi connectivity index (χ3n) is 5.03. The first-order valence-electron chi connectivity index (χ1n) is 9.26. The van der Waals surface area contributed by atoms with Gasteiger partial charge in [-0.3, -0.25) is 9.36 Å².